The molecule has 1 N–H and O–H groups in total. The molecule has 1 amide bonds. The van der Waals surface area contributed by atoms with Crippen molar-refractivity contribution in [2.75, 3.05) is 26.2 Å². The van der Waals surface area contributed by atoms with E-state index >= 15 is 0 Å². The molecule has 0 spiro atoms. The van der Waals surface area contributed by atoms with Gasteiger partial charge in [0.15, 0.2) is 0 Å². The molecule has 4 heteroatoms. The molecular formula is C13H24N2O2. The van der Waals surface area contributed by atoms with Gasteiger partial charge in [-0.25, -0.2) is 0 Å². The number of aliphatic hydroxyl groups is 1. The summed E-state index contributed by atoms with van der Waals surface area (Å²) in [6, 6.07) is 0.678. The average Bonchev–Trinajstić information content (AvgIpc) is 3.06. The van der Waals surface area contributed by atoms with E-state index in [0.717, 1.165) is 19.5 Å². The molecule has 1 saturated heterocycles. The summed E-state index contributed by atoms with van der Waals surface area (Å²) in [5.74, 6) is 0.742. The molecule has 98 valence electrons. The van der Waals surface area contributed by atoms with E-state index in [1.54, 1.807) is 0 Å². The lowest BCUT2D eigenvalue weighted by Crippen LogP contribution is -2.45. The highest BCUT2D eigenvalue weighted by molar-refractivity contribution is 5.79. The first-order valence-corrected chi connectivity index (χ1v) is 6.81. The summed E-state index contributed by atoms with van der Waals surface area (Å²) in [5.41, 5.74) is 0. The number of rotatable bonds is 5. The molecule has 0 aromatic heterocycles. The van der Waals surface area contributed by atoms with Crippen LogP contribution in [0.3, 0.4) is 0 Å². The van der Waals surface area contributed by atoms with Crippen LogP contribution in [-0.4, -0.2) is 59.1 Å². The van der Waals surface area contributed by atoms with E-state index in [9.17, 15) is 9.90 Å². The monoisotopic (exact) mass is 240 g/mol. The van der Waals surface area contributed by atoms with Crippen molar-refractivity contribution in [2.45, 2.75) is 45.2 Å². The van der Waals surface area contributed by atoms with Gasteiger partial charge in [0, 0.05) is 18.6 Å². The summed E-state index contributed by atoms with van der Waals surface area (Å²) in [6.45, 7) is 6.62. The summed E-state index contributed by atoms with van der Waals surface area (Å²) in [6.07, 6.45) is 3.42. The Kier molecular flexibility index (Phi) is 4.05. The molecule has 17 heavy (non-hydrogen) atoms. The number of aliphatic hydroxyl groups excluding tert-OH is 1. The van der Waals surface area contributed by atoms with Gasteiger partial charge in [0.1, 0.15) is 0 Å². The molecular weight excluding hydrogens is 216 g/mol. The number of carbonyl (C=O) groups excluding carboxylic acids is 1. The zero-order valence-electron chi connectivity index (χ0n) is 10.9. The van der Waals surface area contributed by atoms with Gasteiger partial charge in [0.05, 0.1) is 13.2 Å². The first kappa shape index (κ1) is 12.8. The molecule has 1 heterocycles. The summed E-state index contributed by atoms with van der Waals surface area (Å²) in [5, 5.41) is 9.37. The molecule has 0 radical (unpaired) electrons. The van der Waals surface area contributed by atoms with E-state index in [1.165, 1.54) is 12.8 Å². The zero-order valence-corrected chi connectivity index (χ0v) is 10.9. The fraction of sp³-hybridized carbons (Fsp3) is 0.923. The second kappa shape index (κ2) is 5.36. The molecule has 2 atom stereocenters. The summed E-state index contributed by atoms with van der Waals surface area (Å²) in [7, 11) is 0. The fourth-order valence-corrected chi connectivity index (χ4v) is 2.87. The smallest absolute Gasteiger partial charge is 0.236 e. The Morgan fingerprint density at radius 3 is 2.65 bits per heavy atom. The highest BCUT2D eigenvalue weighted by Crippen LogP contribution is 2.28. The Morgan fingerprint density at radius 2 is 2.12 bits per heavy atom. The normalized spacial score (nSPS) is 29.6. The van der Waals surface area contributed by atoms with Crippen molar-refractivity contribution in [1.29, 1.82) is 0 Å². The van der Waals surface area contributed by atoms with Crippen molar-refractivity contribution in [3.8, 4) is 0 Å². The van der Waals surface area contributed by atoms with Crippen LogP contribution in [0.2, 0.25) is 0 Å². The van der Waals surface area contributed by atoms with Crippen LogP contribution < -0.4 is 0 Å². The molecule has 4 nitrogen and oxygen atoms in total. The molecule has 1 saturated carbocycles. The van der Waals surface area contributed by atoms with Crippen molar-refractivity contribution >= 4 is 5.91 Å². The average molecular weight is 240 g/mol. The Bertz CT molecular complexity index is 279. The van der Waals surface area contributed by atoms with Crippen LogP contribution >= 0.6 is 0 Å². The predicted molar refractivity (Wildman–Crippen MR) is 66.6 cm³/mol. The van der Waals surface area contributed by atoms with E-state index in [4.69, 9.17) is 0 Å². The van der Waals surface area contributed by atoms with Gasteiger partial charge >= 0.3 is 0 Å². The number of hydrogen-bond donors (Lipinski definition) is 1. The maximum Gasteiger partial charge on any atom is 0.236 e. The van der Waals surface area contributed by atoms with E-state index in [1.807, 2.05) is 11.8 Å². The Morgan fingerprint density at radius 1 is 1.41 bits per heavy atom. The van der Waals surface area contributed by atoms with Gasteiger partial charge in [0.2, 0.25) is 5.91 Å². The SMILES string of the molecule is CCN(C(=O)CN1CCC(C)C1CO)C1CC1. The number of hydrogen-bond acceptors (Lipinski definition) is 3. The third kappa shape index (κ3) is 2.80. The quantitative estimate of drug-likeness (QED) is 0.769. The van der Waals surface area contributed by atoms with Crippen molar-refractivity contribution < 1.29 is 9.90 Å². The summed E-state index contributed by atoms with van der Waals surface area (Å²) >= 11 is 0. The van der Waals surface area contributed by atoms with Crippen LogP contribution in [0.25, 0.3) is 0 Å². The largest absolute Gasteiger partial charge is 0.395 e. The van der Waals surface area contributed by atoms with Gasteiger partial charge in [0.25, 0.3) is 0 Å². The van der Waals surface area contributed by atoms with Crippen molar-refractivity contribution in [3.63, 3.8) is 0 Å². The molecule has 1 aliphatic carbocycles. The van der Waals surface area contributed by atoms with E-state index < -0.39 is 0 Å². The third-order valence-corrected chi connectivity index (χ3v) is 4.17. The lowest BCUT2D eigenvalue weighted by atomic mass is 10.0. The fourth-order valence-electron chi connectivity index (χ4n) is 2.87. The first-order chi connectivity index (χ1) is 8.17. The van der Waals surface area contributed by atoms with Gasteiger partial charge in [-0.1, -0.05) is 6.92 Å². The Labute approximate surface area is 104 Å². The molecule has 0 aromatic carbocycles. The number of likely N-dealkylation sites (tertiary alicyclic amines) is 1. The van der Waals surface area contributed by atoms with Crippen LogP contribution in [-0.2, 0) is 4.79 Å². The van der Waals surface area contributed by atoms with Gasteiger partial charge < -0.3 is 10.0 Å². The number of nitrogens with zero attached hydrogens (tertiary/aromatic N) is 2. The molecule has 2 aliphatic rings. The van der Waals surface area contributed by atoms with Crippen LogP contribution in [0, 0.1) is 5.92 Å². The highest BCUT2D eigenvalue weighted by atomic mass is 16.3. The summed E-state index contributed by atoms with van der Waals surface area (Å²) < 4.78 is 0. The molecule has 2 rings (SSSR count). The van der Waals surface area contributed by atoms with Crippen LogP contribution in [0.15, 0.2) is 0 Å². The van der Waals surface area contributed by atoms with Crippen molar-refractivity contribution in [1.82, 2.24) is 9.80 Å². The maximum atomic E-state index is 12.2. The minimum Gasteiger partial charge on any atom is -0.395 e. The zero-order chi connectivity index (χ0) is 12.4. The van der Waals surface area contributed by atoms with Crippen LogP contribution in [0.1, 0.15) is 33.1 Å². The standard InChI is InChI=1S/C13H24N2O2/c1-3-15(11-4-5-11)13(17)8-14-7-6-10(2)12(14)9-16/h10-12,16H,3-9H2,1-2H3. The molecule has 0 aromatic rings. The van der Waals surface area contributed by atoms with E-state index in [-0.39, 0.29) is 18.6 Å². The number of likely N-dealkylation sites (N-methyl/N-ethyl adjacent to an activating group) is 1. The third-order valence-electron chi connectivity index (χ3n) is 4.17. The first-order valence-electron chi connectivity index (χ1n) is 6.81. The lowest BCUT2D eigenvalue weighted by molar-refractivity contribution is -0.133. The summed E-state index contributed by atoms with van der Waals surface area (Å²) in [4.78, 5) is 16.3. The second-order valence-electron chi connectivity index (χ2n) is 5.40. The van der Waals surface area contributed by atoms with Gasteiger partial charge in [-0.3, -0.25) is 9.69 Å². The number of carbonyl (C=O) groups is 1. The Hall–Kier alpha value is -0.610. The van der Waals surface area contributed by atoms with Crippen LogP contribution in [0.4, 0.5) is 0 Å². The van der Waals surface area contributed by atoms with Gasteiger partial charge in [-0.15, -0.1) is 0 Å². The van der Waals surface area contributed by atoms with Crippen molar-refractivity contribution in [3.05, 3.63) is 0 Å². The topological polar surface area (TPSA) is 43.8 Å². The molecule has 1 aliphatic heterocycles. The lowest BCUT2D eigenvalue weighted by Gasteiger charge is -2.28. The van der Waals surface area contributed by atoms with E-state index in [0.29, 0.717) is 18.5 Å². The van der Waals surface area contributed by atoms with Gasteiger partial charge in [-0.2, -0.15) is 0 Å². The Balaban J connectivity index is 1.89. The minimum atomic E-state index is 0.171. The molecule has 2 unspecified atom stereocenters. The number of amides is 1. The second-order valence-corrected chi connectivity index (χ2v) is 5.40. The van der Waals surface area contributed by atoms with Crippen LogP contribution in [0.5, 0.6) is 0 Å². The maximum absolute atomic E-state index is 12.2. The molecule has 2 fully saturated rings. The van der Waals surface area contributed by atoms with Gasteiger partial charge in [-0.05, 0) is 38.6 Å². The van der Waals surface area contributed by atoms with E-state index in [2.05, 4.69) is 11.8 Å². The minimum absolute atomic E-state index is 0.171. The molecule has 0 bridgehead atoms. The highest BCUT2D eigenvalue weighted by Gasteiger charge is 2.35. The predicted octanol–water partition coefficient (Wildman–Crippen LogP) is 0.700. The van der Waals surface area contributed by atoms with Crippen molar-refractivity contribution in [2.24, 2.45) is 5.92 Å².